The molecule has 1 aliphatic carbocycles. The van der Waals surface area contributed by atoms with E-state index in [0.717, 1.165) is 30.2 Å². The average Bonchev–Trinajstić information content (AvgIpc) is 2.00. The molecule has 2 rings (SSSR count). The molecule has 0 radical (unpaired) electrons. The van der Waals surface area contributed by atoms with Crippen LogP contribution in [0.5, 0.6) is 0 Å². The SMILES string of the molecule is CSc1c(F)cc(C2CCC2)cc1F. The molecule has 0 saturated heterocycles. The van der Waals surface area contributed by atoms with Gasteiger partial charge >= 0.3 is 0 Å². The van der Waals surface area contributed by atoms with Crippen LogP contribution in [0.4, 0.5) is 8.78 Å². The van der Waals surface area contributed by atoms with Crippen LogP contribution in [0.2, 0.25) is 0 Å². The van der Waals surface area contributed by atoms with Crippen LogP contribution < -0.4 is 0 Å². The highest BCUT2D eigenvalue weighted by Crippen LogP contribution is 2.38. The van der Waals surface area contributed by atoms with Crippen LogP contribution in [-0.2, 0) is 0 Å². The molecular weight excluding hydrogens is 202 g/mol. The van der Waals surface area contributed by atoms with Crippen LogP contribution in [-0.4, -0.2) is 6.26 Å². The van der Waals surface area contributed by atoms with E-state index in [4.69, 9.17) is 0 Å². The second-order valence-corrected chi connectivity index (χ2v) is 4.46. The Morgan fingerprint density at radius 2 is 1.79 bits per heavy atom. The van der Waals surface area contributed by atoms with E-state index in [1.165, 1.54) is 18.6 Å². The van der Waals surface area contributed by atoms with E-state index in [9.17, 15) is 8.78 Å². The summed E-state index contributed by atoms with van der Waals surface area (Å²) in [7, 11) is 0. The van der Waals surface area contributed by atoms with Crippen LogP contribution in [0.1, 0.15) is 30.7 Å². The standard InChI is InChI=1S/C11H12F2S/c1-14-11-9(12)5-8(6-10(11)13)7-3-2-4-7/h5-7H,2-4H2,1H3. The summed E-state index contributed by atoms with van der Waals surface area (Å²) >= 11 is 1.12. The van der Waals surface area contributed by atoms with Crippen LogP contribution in [0.15, 0.2) is 17.0 Å². The third kappa shape index (κ3) is 1.65. The number of thioether (sulfide) groups is 1. The molecule has 1 saturated carbocycles. The minimum Gasteiger partial charge on any atom is -0.206 e. The van der Waals surface area contributed by atoms with Crippen LogP contribution in [0.3, 0.4) is 0 Å². The topological polar surface area (TPSA) is 0 Å². The van der Waals surface area contributed by atoms with Crippen molar-refractivity contribution in [1.82, 2.24) is 0 Å². The molecule has 0 nitrogen and oxygen atoms in total. The molecule has 1 aliphatic rings. The third-order valence-electron chi connectivity index (χ3n) is 2.80. The molecule has 0 unspecified atom stereocenters. The molecule has 0 amide bonds. The zero-order valence-electron chi connectivity index (χ0n) is 8.02. The van der Waals surface area contributed by atoms with Gasteiger partial charge in [-0.15, -0.1) is 11.8 Å². The largest absolute Gasteiger partial charge is 0.206 e. The fourth-order valence-electron chi connectivity index (χ4n) is 1.75. The Bertz CT molecular complexity index is 322. The Labute approximate surface area is 86.7 Å². The molecule has 0 spiro atoms. The monoisotopic (exact) mass is 214 g/mol. The minimum atomic E-state index is -0.417. The van der Waals surface area contributed by atoms with E-state index in [1.807, 2.05) is 0 Å². The Morgan fingerprint density at radius 1 is 1.21 bits per heavy atom. The van der Waals surface area contributed by atoms with E-state index < -0.39 is 11.6 Å². The van der Waals surface area contributed by atoms with Gasteiger partial charge in [-0.25, -0.2) is 8.78 Å². The summed E-state index contributed by atoms with van der Waals surface area (Å²) in [6.07, 6.45) is 5.00. The molecule has 1 aromatic rings. The predicted octanol–water partition coefficient (Wildman–Crippen LogP) is 3.95. The van der Waals surface area contributed by atoms with E-state index in [2.05, 4.69) is 0 Å². The second kappa shape index (κ2) is 3.89. The minimum absolute atomic E-state index is 0.132. The highest BCUT2D eigenvalue weighted by Gasteiger charge is 2.22. The number of halogens is 2. The maximum absolute atomic E-state index is 13.4. The van der Waals surface area contributed by atoms with E-state index in [0.29, 0.717) is 5.92 Å². The van der Waals surface area contributed by atoms with Gasteiger partial charge in [0.15, 0.2) is 0 Å². The summed E-state index contributed by atoms with van der Waals surface area (Å²) in [6.45, 7) is 0. The van der Waals surface area contributed by atoms with Gasteiger partial charge in [-0.3, -0.25) is 0 Å². The molecule has 0 bridgehead atoms. The van der Waals surface area contributed by atoms with Gasteiger partial charge in [0.2, 0.25) is 0 Å². The fourth-order valence-corrected chi connectivity index (χ4v) is 2.26. The zero-order chi connectivity index (χ0) is 10.1. The van der Waals surface area contributed by atoms with Gasteiger partial charge in [-0.05, 0) is 42.7 Å². The number of rotatable bonds is 2. The van der Waals surface area contributed by atoms with Crippen molar-refractivity contribution in [2.45, 2.75) is 30.1 Å². The summed E-state index contributed by atoms with van der Waals surface area (Å²) in [5.74, 6) is -0.450. The summed E-state index contributed by atoms with van der Waals surface area (Å²) < 4.78 is 26.7. The van der Waals surface area contributed by atoms with Crippen molar-refractivity contribution in [2.75, 3.05) is 6.26 Å². The van der Waals surface area contributed by atoms with Crippen molar-refractivity contribution in [1.29, 1.82) is 0 Å². The molecule has 0 aliphatic heterocycles. The Kier molecular flexibility index (Phi) is 2.77. The Hall–Kier alpha value is -0.570. The summed E-state index contributed by atoms with van der Waals surface area (Å²) in [4.78, 5) is 0.132. The molecule has 0 aromatic heterocycles. The van der Waals surface area contributed by atoms with Gasteiger partial charge in [0, 0.05) is 0 Å². The van der Waals surface area contributed by atoms with Crippen molar-refractivity contribution in [3.63, 3.8) is 0 Å². The highest BCUT2D eigenvalue weighted by molar-refractivity contribution is 7.98. The Balaban J connectivity index is 2.35. The smallest absolute Gasteiger partial charge is 0.140 e. The van der Waals surface area contributed by atoms with Crippen LogP contribution >= 0.6 is 11.8 Å². The molecule has 14 heavy (non-hydrogen) atoms. The summed E-state index contributed by atoms with van der Waals surface area (Å²) in [5.41, 5.74) is 0.823. The fraction of sp³-hybridized carbons (Fsp3) is 0.455. The number of hydrogen-bond donors (Lipinski definition) is 0. The van der Waals surface area contributed by atoms with Crippen molar-refractivity contribution in [2.24, 2.45) is 0 Å². The van der Waals surface area contributed by atoms with Gasteiger partial charge in [0.05, 0.1) is 4.90 Å². The first kappa shape index (κ1) is 9.97. The van der Waals surface area contributed by atoms with Crippen molar-refractivity contribution < 1.29 is 8.78 Å². The highest BCUT2D eigenvalue weighted by atomic mass is 32.2. The number of benzene rings is 1. The van der Waals surface area contributed by atoms with Gasteiger partial charge in [-0.2, -0.15) is 0 Å². The predicted molar refractivity (Wildman–Crippen MR) is 54.7 cm³/mol. The third-order valence-corrected chi connectivity index (χ3v) is 3.60. The zero-order valence-corrected chi connectivity index (χ0v) is 8.83. The van der Waals surface area contributed by atoms with Crippen LogP contribution in [0, 0.1) is 11.6 Å². The van der Waals surface area contributed by atoms with Crippen molar-refractivity contribution in [3.8, 4) is 0 Å². The average molecular weight is 214 g/mol. The lowest BCUT2D eigenvalue weighted by Gasteiger charge is -2.26. The van der Waals surface area contributed by atoms with Gasteiger partial charge in [-0.1, -0.05) is 6.42 Å². The van der Waals surface area contributed by atoms with Crippen molar-refractivity contribution >= 4 is 11.8 Å². The summed E-state index contributed by atoms with van der Waals surface area (Å²) in [6, 6.07) is 2.97. The molecule has 1 fully saturated rings. The molecule has 0 N–H and O–H groups in total. The van der Waals surface area contributed by atoms with Gasteiger partial charge in [0.1, 0.15) is 11.6 Å². The molecule has 76 valence electrons. The maximum atomic E-state index is 13.4. The lowest BCUT2D eigenvalue weighted by Crippen LogP contribution is -2.09. The molecule has 1 aromatic carbocycles. The quantitative estimate of drug-likeness (QED) is 0.672. The molecule has 3 heteroatoms. The maximum Gasteiger partial charge on any atom is 0.140 e. The summed E-state index contributed by atoms with van der Waals surface area (Å²) in [5, 5.41) is 0. The lowest BCUT2D eigenvalue weighted by molar-refractivity contribution is 0.413. The van der Waals surface area contributed by atoms with Gasteiger partial charge < -0.3 is 0 Å². The van der Waals surface area contributed by atoms with E-state index in [-0.39, 0.29) is 4.90 Å². The van der Waals surface area contributed by atoms with Gasteiger partial charge in [0.25, 0.3) is 0 Å². The molecule has 0 atom stereocenters. The van der Waals surface area contributed by atoms with E-state index >= 15 is 0 Å². The first-order chi connectivity index (χ1) is 6.72. The number of hydrogen-bond acceptors (Lipinski definition) is 1. The lowest BCUT2D eigenvalue weighted by atomic mass is 9.80. The first-order valence-corrected chi connectivity index (χ1v) is 5.97. The Morgan fingerprint density at radius 3 is 2.14 bits per heavy atom. The van der Waals surface area contributed by atoms with Crippen LogP contribution in [0.25, 0.3) is 0 Å². The van der Waals surface area contributed by atoms with Crippen molar-refractivity contribution in [3.05, 3.63) is 29.3 Å². The van der Waals surface area contributed by atoms with E-state index in [1.54, 1.807) is 6.26 Å². The first-order valence-electron chi connectivity index (χ1n) is 4.75. The normalized spacial score (nSPS) is 16.8. The second-order valence-electron chi connectivity index (χ2n) is 3.65. The molecular formula is C11H12F2S. The molecule has 0 heterocycles.